The van der Waals surface area contributed by atoms with Crippen molar-refractivity contribution in [3.63, 3.8) is 0 Å². The predicted molar refractivity (Wildman–Crippen MR) is 59.1 cm³/mol. The molecule has 84 valence electrons. The lowest BCUT2D eigenvalue weighted by atomic mass is 10.2. The van der Waals surface area contributed by atoms with Gasteiger partial charge in [0, 0.05) is 25.1 Å². The summed E-state index contributed by atoms with van der Waals surface area (Å²) < 4.78 is 8.74. The van der Waals surface area contributed by atoms with Crippen molar-refractivity contribution >= 4 is 22.6 Å². The Balaban J connectivity index is 2.55. The van der Waals surface area contributed by atoms with Crippen LogP contribution < -0.4 is 4.90 Å². The zero-order valence-electron chi connectivity index (χ0n) is 9.35. The maximum Gasteiger partial charge on any atom is 0.310 e. The van der Waals surface area contributed by atoms with Gasteiger partial charge in [-0.15, -0.1) is 0 Å². The van der Waals surface area contributed by atoms with Crippen molar-refractivity contribution in [3.05, 3.63) is 5.82 Å². The van der Waals surface area contributed by atoms with Crippen molar-refractivity contribution in [1.29, 1.82) is 0 Å². The quantitative estimate of drug-likeness (QED) is 0.723. The van der Waals surface area contributed by atoms with Gasteiger partial charge in [0.25, 0.3) is 0 Å². The zero-order chi connectivity index (χ0) is 11.4. The number of carbonyl (C=O) groups is 1. The van der Waals surface area contributed by atoms with Gasteiger partial charge in [-0.3, -0.25) is 4.79 Å². The lowest BCUT2D eigenvalue weighted by Gasteiger charge is -2.18. The molecule has 0 aliphatic heterocycles. The highest BCUT2D eigenvalue weighted by Crippen LogP contribution is 2.16. The molecule has 1 unspecified atom stereocenters. The molecule has 1 rings (SSSR count). The van der Waals surface area contributed by atoms with Gasteiger partial charge in [-0.1, -0.05) is 6.92 Å². The van der Waals surface area contributed by atoms with Crippen molar-refractivity contribution in [3.8, 4) is 0 Å². The summed E-state index contributed by atoms with van der Waals surface area (Å²) in [6.07, 6.45) is 0. The second-order valence-electron chi connectivity index (χ2n) is 3.43. The molecule has 0 aliphatic rings. The summed E-state index contributed by atoms with van der Waals surface area (Å²) in [5.74, 6) is 0.389. The first-order valence-corrected chi connectivity index (χ1v) is 5.41. The number of aryl methyl sites for hydroxylation is 1. The fourth-order valence-corrected chi connectivity index (χ4v) is 1.85. The molecule has 1 atom stereocenters. The van der Waals surface area contributed by atoms with Gasteiger partial charge in [0.2, 0.25) is 5.13 Å². The van der Waals surface area contributed by atoms with Crippen molar-refractivity contribution in [2.24, 2.45) is 5.92 Å². The van der Waals surface area contributed by atoms with E-state index in [1.807, 2.05) is 25.8 Å². The number of hydrogen-bond donors (Lipinski definition) is 0. The molecule has 0 radical (unpaired) electrons. The topological polar surface area (TPSA) is 55.3 Å². The van der Waals surface area contributed by atoms with Gasteiger partial charge >= 0.3 is 5.97 Å². The largest absolute Gasteiger partial charge is 0.469 e. The van der Waals surface area contributed by atoms with Crippen LogP contribution in [0, 0.1) is 12.8 Å². The number of hydrogen-bond acceptors (Lipinski definition) is 6. The molecule has 0 spiro atoms. The molecule has 0 saturated carbocycles. The Labute approximate surface area is 93.2 Å². The van der Waals surface area contributed by atoms with Gasteiger partial charge in [0.1, 0.15) is 5.82 Å². The van der Waals surface area contributed by atoms with E-state index in [4.69, 9.17) is 0 Å². The summed E-state index contributed by atoms with van der Waals surface area (Å²) in [5, 5.41) is 0.822. The molecule has 0 fully saturated rings. The lowest BCUT2D eigenvalue weighted by Crippen LogP contribution is -2.29. The van der Waals surface area contributed by atoms with Crippen molar-refractivity contribution in [2.75, 3.05) is 25.6 Å². The fourth-order valence-electron chi connectivity index (χ4n) is 1.21. The molecule has 1 aromatic rings. The first-order chi connectivity index (χ1) is 7.04. The van der Waals surface area contributed by atoms with Crippen LogP contribution in [0.2, 0.25) is 0 Å². The Bertz CT molecular complexity index is 340. The first-order valence-electron chi connectivity index (χ1n) is 4.64. The third-order valence-electron chi connectivity index (χ3n) is 1.99. The minimum Gasteiger partial charge on any atom is -0.469 e. The smallest absolute Gasteiger partial charge is 0.310 e. The van der Waals surface area contributed by atoms with Gasteiger partial charge in [-0.2, -0.15) is 4.37 Å². The zero-order valence-corrected chi connectivity index (χ0v) is 10.2. The molecule has 0 N–H and O–H groups in total. The van der Waals surface area contributed by atoms with Crippen LogP contribution in [0.1, 0.15) is 12.7 Å². The number of esters is 1. The van der Waals surface area contributed by atoms with E-state index in [1.54, 1.807) is 0 Å². The molecule has 0 bridgehead atoms. The van der Waals surface area contributed by atoms with Crippen LogP contribution in [-0.2, 0) is 9.53 Å². The molecule has 15 heavy (non-hydrogen) atoms. The highest BCUT2D eigenvalue weighted by molar-refractivity contribution is 7.09. The second-order valence-corrected chi connectivity index (χ2v) is 4.16. The molecule has 1 aromatic heterocycles. The SMILES string of the molecule is COC(=O)C(C)CN(C)c1nc(C)ns1. The number of carbonyl (C=O) groups excluding carboxylic acids is 1. The van der Waals surface area contributed by atoms with Crippen LogP contribution in [0.25, 0.3) is 0 Å². The predicted octanol–water partition coefficient (Wildman–Crippen LogP) is 1.09. The minimum absolute atomic E-state index is 0.163. The normalized spacial score (nSPS) is 12.3. The van der Waals surface area contributed by atoms with Gasteiger partial charge in [-0.05, 0) is 6.92 Å². The molecule has 1 heterocycles. The standard InChI is InChI=1S/C9H15N3O2S/c1-6(8(13)14-4)5-12(3)9-10-7(2)11-15-9/h6H,5H2,1-4H3. The molecule has 0 aliphatic carbocycles. The maximum absolute atomic E-state index is 11.2. The molecular formula is C9H15N3O2S. The van der Waals surface area contributed by atoms with Gasteiger partial charge in [-0.25, -0.2) is 4.98 Å². The Kier molecular flexibility index (Phi) is 4.02. The number of anilines is 1. The lowest BCUT2D eigenvalue weighted by molar-refractivity contribution is -0.144. The average molecular weight is 229 g/mol. The third-order valence-corrected chi connectivity index (χ3v) is 2.92. The van der Waals surface area contributed by atoms with Crippen LogP contribution in [0.4, 0.5) is 5.13 Å². The van der Waals surface area contributed by atoms with Crippen LogP contribution >= 0.6 is 11.5 Å². The minimum atomic E-state index is -0.205. The Hall–Kier alpha value is -1.17. The van der Waals surface area contributed by atoms with Crippen LogP contribution in [0.5, 0.6) is 0 Å². The van der Waals surface area contributed by atoms with E-state index in [0.29, 0.717) is 6.54 Å². The van der Waals surface area contributed by atoms with Gasteiger partial charge in [0.05, 0.1) is 13.0 Å². The number of nitrogens with zero attached hydrogens (tertiary/aromatic N) is 3. The summed E-state index contributed by atoms with van der Waals surface area (Å²) in [7, 11) is 3.29. The molecule has 5 nitrogen and oxygen atoms in total. The van der Waals surface area contributed by atoms with E-state index in [-0.39, 0.29) is 11.9 Å². The summed E-state index contributed by atoms with van der Waals surface area (Å²) in [4.78, 5) is 17.3. The third kappa shape index (κ3) is 3.16. The van der Waals surface area contributed by atoms with E-state index >= 15 is 0 Å². The second kappa shape index (κ2) is 5.06. The summed E-state index contributed by atoms with van der Waals surface area (Å²) >= 11 is 1.33. The van der Waals surface area contributed by atoms with Crippen molar-refractivity contribution < 1.29 is 9.53 Å². The van der Waals surface area contributed by atoms with E-state index in [2.05, 4.69) is 14.1 Å². The highest BCUT2D eigenvalue weighted by atomic mass is 32.1. The number of rotatable bonds is 4. The van der Waals surface area contributed by atoms with Crippen LogP contribution in [-0.4, -0.2) is 36.0 Å². The van der Waals surface area contributed by atoms with Crippen LogP contribution in [0.15, 0.2) is 0 Å². The Morgan fingerprint density at radius 3 is 2.80 bits per heavy atom. The molecule has 0 amide bonds. The first kappa shape index (κ1) is 11.9. The van der Waals surface area contributed by atoms with E-state index in [0.717, 1.165) is 11.0 Å². The van der Waals surface area contributed by atoms with Crippen molar-refractivity contribution in [2.45, 2.75) is 13.8 Å². The Morgan fingerprint density at radius 2 is 2.33 bits per heavy atom. The fraction of sp³-hybridized carbons (Fsp3) is 0.667. The Morgan fingerprint density at radius 1 is 1.67 bits per heavy atom. The molecule has 0 aromatic carbocycles. The van der Waals surface area contributed by atoms with E-state index < -0.39 is 0 Å². The molecule has 0 saturated heterocycles. The van der Waals surface area contributed by atoms with Gasteiger partial charge < -0.3 is 9.64 Å². The molecule has 6 heteroatoms. The maximum atomic E-state index is 11.2. The number of ether oxygens (including phenoxy) is 1. The monoisotopic (exact) mass is 229 g/mol. The van der Waals surface area contributed by atoms with Gasteiger partial charge in [0.15, 0.2) is 0 Å². The summed E-state index contributed by atoms with van der Waals surface area (Å²) in [5.41, 5.74) is 0. The highest BCUT2D eigenvalue weighted by Gasteiger charge is 2.17. The summed E-state index contributed by atoms with van der Waals surface area (Å²) in [6.45, 7) is 4.26. The van der Waals surface area contributed by atoms with E-state index in [1.165, 1.54) is 18.6 Å². The average Bonchev–Trinajstić information content (AvgIpc) is 2.63. The van der Waals surface area contributed by atoms with E-state index in [9.17, 15) is 4.79 Å². The number of methoxy groups -OCH3 is 1. The van der Waals surface area contributed by atoms with Crippen LogP contribution in [0.3, 0.4) is 0 Å². The molecular weight excluding hydrogens is 214 g/mol. The van der Waals surface area contributed by atoms with Crippen molar-refractivity contribution in [1.82, 2.24) is 9.36 Å². The number of aromatic nitrogens is 2. The summed E-state index contributed by atoms with van der Waals surface area (Å²) in [6, 6.07) is 0.